The molecule has 5 heteroatoms. The fraction of sp³-hybridized carbons (Fsp3) is 0.231. The van der Waals surface area contributed by atoms with E-state index >= 15 is 0 Å². The molecule has 1 heterocycles. The van der Waals surface area contributed by atoms with Crippen LogP contribution in [-0.4, -0.2) is 11.7 Å². The zero-order chi connectivity index (χ0) is 12.3. The molecular formula is C13H16ClNO2S. The second-order valence-corrected chi connectivity index (χ2v) is 4.63. The normalized spacial score (nSPS) is 11.7. The molecule has 2 aromatic rings. The number of hydrogen-bond acceptors (Lipinski definition) is 4. The van der Waals surface area contributed by atoms with E-state index in [1.807, 2.05) is 30.5 Å². The Morgan fingerprint density at radius 1 is 1.39 bits per heavy atom. The number of phenolic OH excluding ortho intramolecular Hbond substituents is 1. The van der Waals surface area contributed by atoms with Crippen LogP contribution in [0.2, 0.25) is 0 Å². The van der Waals surface area contributed by atoms with E-state index in [0.29, 0.717) is 12.4 Å². The average Bonchev–Trinajstić information content (AvgIpc) is 2.85. The largest absolute Gasteiger partial charge is 0.504 e. The van der Waals surface area contributed by atoms with E-state index < -0.39 is 0 Å². The molecule has 98 valence electrons. The maximum atomic E-state index is 9.62. The molecule has 0 fully saturated rings. The predicted molar refractivity (Wildman–Crippen MR) is 76.9 cm³/mol. The Kier molecular flexibility index (Phi) is 5.47. The van der Waals surface area contributed by atoms with Crippen molar-refractivity contribution in [2.45, 2.75) is 13.0 Å². The van der Waals surface area contributed by atoms with Crippen LogP contribution in [0.1, 0.15) is 23.4 Å². The monoisotopic (exact) mass is 285 g/mol. The van der Waals surface area contributed by atoms with Gasteiger partial charge in [0.1, 0.15) is 0 Å². The molecule has 0 bridgehead atoms. The second-order valence-electron chi connectivity index (χ2n) is 3.65. The minimum atomic E-state index is -0.171. The molecule has 1 aromatic heterocycles. The third-order valence-corrected chi connectivity index (χ3v) is 3.45. The topological polar surface area (TPSA) is 55.5 Å². The number of aromatic hydroxyl groups is 1. The Hall–Kier alpha value is -1.23. The highest BCUT2D eigenvalue weighted by atomic mass is 35.5. The SMILES string of the molecule is CCOc1cc([C@@H](N)c2cccs2)ccc1O.Cl. The summed E-state index contributed by atoms with van der Waals surface area (Å²) in [4.78, 5) is 1.10. The summed E-state index contributed by atoms with van der Waals surface area (Å²) in [6.07, 6.45) is 0. The second kappa shape index (κ2) is 6.64. The number of ether oxygens (including phenoxy) is 1. The Balaban J connectivity index is 0.00000162. The van der Waals surface area contributed by atoms with E-state index in [1.54, 1.807) is 23.5 Å². The molecule has 0 amide bonds. The fourth-order valence-electron chi connectivity index (χ4n) is 1.63. The molecule has 0 aliphatic rings. The highest BCUT2D eigenvalue weighted by Gasteiger charge is 2.12. The van der Waals surface area contributed by atoms with Gasteiger partial charge >= 0.3 is 0 Å². The van der Waals surface area contributed by atoms with E-state index in [-0.39, 0.29) is 24.2 Å². The first-order valence-corrected chi connectivity index (χ1v) is 6.35. The average molecular weight is 286 g/mol. The highest BCUT2D eigenvalue weighted by Crippen LogP contribution is 2.31. The van der Waals surface area contributed by atoms with Crippen LogP contribution in [-0.2, 0) is 0 Å². The number of halogens is 1. The number of hydrogen-bond donors (Lipinski definition) is 2. The summed E-state index contributed by atoms with van der Waals surface area (Å²) in [5, 5.41) is 11.6. The van der Waals surface area contributed by atoms with Crippen molar-refractivity contribution >= 4 is 23.7 Å². The molecule has 0 aliphatic carbocycles. The summed E-state index contributed by atoms with van der Waals surface area (Å²) in [5.41, 5.74) is 7.09. The first kappa shape index (κ1) is 14.8. The summed E-state index contributed by atoms with van der Waals surface area (Å²) in [5.74, 6) is 0.631. The highest BCUT2D eigenvalue weighted by molar-refractivity contribution is 7.10. The minimum absolute atomic E-state index is 0. The van der Waals surface area contributed by atoms with Crippen molar-refractivity contribution in [3.63, 3.8) is 0 Å². The lowest BCUT2D eigenvalue weighted by Crippen LogP contribution is -2.10. The van der Waals surface area contributed by atoms with Crippen molar-refractivity contribution in [3.8, 4) is 11.5 Å². The third kappa shape index (κ3) is 3.16. The molecule has 18 heavy (non-hydrogen) atoms. The van der Waals surface area contributed by atoms with Crippen molar-refractivity contribution in [2.24, 2.45) is 5.73 Å². The van der Waals surface area contributed by atoms with Crippen molar-refractivity contribution in [1.29, 1.82) is 0 Å². The van der Waals surface area contributed by atoms with Crippen LogP contribution in [0.15, 0.2) is 35.7 Å². The number of phenols is 1. The van der Waals surface area contributed by atoms with E-state index in [0.717, 1.165) is 10.4 Å². The van der Waals surface area contributed by atoms with Crippen LogP contribution in [0.5, 0.6) is 11.5 Å². The Labute approximate surface area is 117 Å². The third-order valence-electron chi connectivity index (χ3n) is 2.49. The van der Waals surface area contributed by atoms with Crippen molar-refractivity contribution in [1.82, 2.24) is 0 Å². The van der Waals surface area contributed by atoms with Crippen LogP contribution >= 0.6 is 23.7 Å². The van der Waals surface area contributed by atoms with Gasteiger partial charge in [-0.2, -0.15) is 0 Å². The van der Waals surface area contributed by atoms with Gasteiger partial charge in [0.15, 0.2) is 11.5 Å². The van der Waals surface area contributed by atoms with Crippen LogP contribution < -0.4 is 10.5 Å². The summed E-state index contributed by atoms with van der Waals surface area (Å²) in [6.45, 7) is 2.40. The van der Waals surface area contributed by atoms with E-state index in [4.69, 9.17) is 10.5 Å². The standard InChI is InChI=1S/C13H15NO2S.ClH/c1-2-16-11-8-9(5-6-10(11)15)13(14)12-4-3-7-17-12;/h3-8,13,15H,2,14H2,1H3;1H/t13-;/m1./s1. The molecule has 0 spiro atoms. The van der Waals surface area contributed by atoms with Crippen molar-refractivity contribution < 1.29 is 9.84 Å². The lowest BCUT2D eigenvalue weighted by atomic mass is 10.1. The van der Waals surface area contributed by atoms with Gasteiger partial charge in [0, 0.05) is 4.88 Å². The van der Waals surface area contributed by atoms with Gasteiger partial charge in [-0.1, -0.05) is 12.1 Å². The number of rotatable bonds is 4. The maximum absolute atomic E-state index is 9.62. The Bertz CT molecular complexity index is 488. The van der Waals surface area contributed by atoms with Crippen LogP contribution in [0.4, 0.5) is 0 Å². The van der Waals surface area contributed by atoms with Crippen LogP contribution in [0.3, 0.4) is 0 Å². The first-order valence-electron chi connectivity index (χ1n) is 5.47. The Morgan fingerprint density at radius 3 is 2.78 bits per heavy atom. The molecule has 1 aromatic carbocycles. The van der Waals surface area contributed by atoms with Gasteiger partial charge in [-0.05, 0) is 36.1 Å². The van der Waals surface area contributed by atoms with E-state index in [9.17, 15) is 5.11 Å². The van der Waals surface area contributed by atoms with Gasteiger partial charge in [-0.15, -0.1) is 23.7 Å². The minimum Gasteiger partial charge on any atom is -0.504 e. The van der Waals surface area contributed by atoms with E-state index in [2.05, 4.69) is 0 Å². The molecule has 2 rings (SSSR count). The Morgan fingerprint density at radius 2 is 2.17 bits per heavy atom. The maximum Gasteiger partial charge on any atom is 0.161 e. The molecule has 0 saturated heterocycles. The molecule has 0 saturated carbocycles. The predicted octanol–water partition coefficient (Wildman–Crippen LogP) is 3.32. The summed E-state index contributed by atoms with van der Waals surface area (Å²) in [7, 11) is 0. The lowest BCUT2D eigenvalue weighted by molar-refractivity contribution is 0.317. The lowest BCUT2D eigenvalue weighted by Gasteiger charge is -2.13. The van der Waals surface area contributed by atoms with Crippen LogP contribution in [0.25, 0.3) is 0 Å². The fourth-order valence-corrected chi connectivity index (χ4v) is 2.38. The van der Waals surface area contributed by atoms with Gasteiger partial charge in [-0.25, -0.2) is 0 Å². The van der Waals surface area contributed by atoms with Gasteiger partial charge in [0.25, 0.3) is 0 Å². The number of thiophene rings is 1. The van der Waals surface area contributed by atoms with Gasteiger partial charge in [-0.3, -0.25) is 0 Å². The van der Waals surface area contributed by atoms with E-state index in [1.165, 1.54) is 0 Å². The van der Waals surface area contributed by atoms with Gasteiger partial charge < -0.3 is 15.6 Å². The van der Waals surface area contributed by atoms with Crippen molar-refractivity contribution in [3.05, 3.63) is 46.2 Å². The molecule has 1 atom stereocenters. The smallest absolute Gasteiger partial charge is 0.161 e. The summed E-state index contributed by atoms with van der Waals surface area (Å²) >= 11 is 1.62. The summed E-state index contributed by atoms with van der Waals surface area (Å²) in [6, 6.07) is 9.04. The molecule has 0 unspecified atom stereocenters. The quantitative estimate of drug-likeness (QED) is 0.906. The molecule has 0 aliphatic heterocycles. The molecular weight excluding hydrogens is 270 g/mol. The number of benzene rings is 1. The number of nitrogens with two attached hydrogens (primary N) is 1. The first-order chi connectivity index (χ1) is 8.22. The summed E-state index contributed by atoms with van der Waals surface area (Å²) < 4.78 is 5.34. The van der Waals surface area contributed by atoms with Gasteiger partial charge in [0.05, 0.1) is 12.6 Å². The van der Waals surface area contributed by atoms with Gasteiger partial charge in [0.2, 0.25) is 0 Å². The zero-order valence-corrected chi connectivity index (χ0v) is 11.6. The zero-order valence-electron chi connectivity index (χ0n) is 10.00. The van der Waals surface area contributed by atoms with Crippen LogP contribution in [0, 0.1) is 0 Å². The molecule has 3 nitrogen and oxygen atoms in total. The van der Waals surface area contributed by atoms with Crippen molar-refractivity contribution in [2.75, 3.05) is 6.61 Å². The molecule has 0 radical (unpaired) electrons. The molecule has 3 N–H and O–H groups in total.